The van der Waals surface area contributed by atoms with Crippen LogP contribution >= 0.6 is 11.8 Å². The molecule has 4 rings (SSSR count). The maximum Gasteiger partial charge on any atom is 0.266 e. The summed E-state index contributed by atoms with van der Waals surface area (Å²) < 4.78 is 33.9. The average molecular weight is 410 g/mol. The minimum absolute atomic E-state index is 0.201. The van der Waals surface area contributed by atoms with Crippen molar-refractivity contribution in [2.24, 2.45) is 0 Å². The first kappa shape index (κ1) is 19.1. The summed E-state index contributed by atoms with van der Waals surface area (Å²) in [6, 6.07) is 17.6. The van der Waals surface area contributed by atoms with Crippen molar-refractivity contribution in [1.82, 2.24) is 9.55 Å². The van der Waals surface area contributed by atoms with E-state index in [1.165, 1.54) is 28.5 Å². The molecular formula is C22H16F2N2O2S. The van der Waals surface area contributed by atoms with Gasteiger partial charge in [-0.05, 0) is 48.0 Å². The lowest BCUT2D eigenvalue weighted by Crippen LogP contribution is -2.21. The molecule has 1 aromatic heterocycles. The molecule has 0 saturated carbocycles. The molecule has 146 valence electrons. The summed E-state index contributed by atoms with van der Waals surface area (Å²) in [6.45, 7) is 0. The highest BCUT2D eigenvalue weighted by atomic mass is 32.2. The topological polar surface area (TPSA) is 44.1 Å². The number of fused-ring (bicyclic) bond motifs is 1. The van der Waals surface area contributed by atoms with Crippen molar-refractivity contribution >= 4 is 22.7 Å². The molecule has 0 unspecified atom stereocenters. The van der Waals surface area contributed by atoms with E-state index in [4.69, 9.17) is 4.74 Å². The van der Waals surface area contributed by atoms with Gasteiger partial charge in [0, 0.05) is 11.8 Å². The fourth-order valence-corrected chi connectivity index (χ4v) is 3.95. The second-order valence-electron chi connectivity index (χ2n) is 6.27. The van der Waals surface area contributed by atoms with E-state index in [-0.39, 0.29) is 11.3 Å². The molecule has 0 amide bonds. The van der Waals surface area contributed by atoms with Crippen LogP contribution in [0.1, 0.15) is 5.56 Å². The van der Waals surface area contributed by atoms with E-state index in [2.05, 4.69) is 4.98 Å². The molecule has 0 spiro atoms. The summed E-state index contributed by atoms with van der Waals surface area (Å²) in [6.07, 6.45) is 0. The van der Waals surface area contributed by atoms with Crippen molar-refractivity contribution in [2.75, 3.05) is 7.11 Å². The number of hydrogen-bond acceptors (Lipinski definition) is 4. The van der Waals surface area contributed by atoms with E-state index in [1.54, 1.807) is 55.6 Å². The Kier molecular flexibility index (Phi) is 5.31. The van der Waals surface area contributed by atoms with Gasteiger partial charge in [0.15, 0.2) is 5.16 Å². The first-order valence-electron chi connectivity index (χ1n) is 8.80. The Labute approximate surface area is 169 Å². The lowest BCUT2D eigenvalue weighted by molar-refractivity contribution is 0.414. The molecule has 4 aromatic rings. The summed E-state index contributed by atoms with van der Waals surface area (Å²) in [5, 5.41) is 0.906. The van der Waals surface area contributed by atoms with Gasteiger partial charge < -0.3 is 4.74 Å². The van der Waals surface area contributed by atoms with Gasteiger partial charge in [-0.15, -0.1) is 0 Å². The van der Waals surface area contributed by atoms with E-state index in [0.29, 0.717) is 33.1 Å². The van der Waals surface area contributed by atoms with Crippen LogP contribution in [0.25, 0.3) is 16.6 Å². The standard InChI is InChI=1S/C22H16F2N2O2S/c1-28-17-10-8-16(9-11-17)26-21(27)18-4-2-3-5-20(18)25-22(26)29-13-14-6-7-15(23)12-19(14)24/h2-12H,13H2,1H3. The minimum Gasteiger partial charge on any atom is -0.497 e. The Morgan fingerprint density at radius 2 is 1.79 bits per heavy atom. The maximum atomic E-state index is 14.0. The highest BCUT2D eigenvalue weighted by molar-refractivity contribution is 7.98. The van der Waals surface area contributed by atoms with Crippen LogP contribution in [0, 0.1) is 11.6 Å². The SMILES string of the molecule is COc1ccc(-n2c(SCc3ccc(F)cc3F)nc3ccccc3c2=O)cc1. The zero-order valence-corrected chi connectivity index (χ0v) is 16.2. The monoisotopic (exact) mass is 410 g/mol. The molecule has 1 heterocycles. The van der Waals surface area contributed by atoms with Crippen molar-refractivity contribution in [2.45, 2.75) is 10.9 Å². The van der Waals surface area contributed by atoms with Gasteiger partial charge in [0.25, 0.3) is 5.56 Å². The Balaban J connectivity index is 1.81. The number of thioether (sulfide) groups is 1. The Hall–Kier alpha value is -3.19. The van der Waals surface area contributed by atoms with Crippen molar-refractivity contribution in [1.29, 1.82) is 0 Å². The molecule has 3 aromatic carbocycles. The molecule has 0 aliphatic rings. The van der Waals surface area contributed by atoms with E-state index < -0.39 is 11.6 Å². The number of rotatable bonds is 5. The van der Waals surface area contributed by atoms with Gasteiger partial charge in [0.2, 0.25) is 0 Å². The predicted octanol–water partition coefficient (Wildman–Crippen LogP) is 4.96. The molecule has 0 aliphatic carbocycles. The number of hydrogen-bond donors (Lipinski definition) is 0. The minimum atomic E-state index is -0.629. The quantitative estimate of drug-likeness (QED) is 0.344. The summed E-state index contributed by atoms with van der Waals surface area (Å²) in [5.74, 6) is -0.391. The molecule has 0 atom stereocenters. The van der Waals surface area contributed by atoms with Gasteiger partial charge in [0.1, 0.15) is 17.4 Å². The van der Waals surface area contributed by atoms with Crippen LogP contribution < -0.4 is 10.3 Å². The Bertz CT molecular complexity index is 1240. The lowest BCUT2D eigenvalue weighted by Gasteiger charge is -2.14. The average Bonchev–Trinajstić information content (AvgIpc) is 2.73. The normalized spacial score (nSPS) is 11.0. The molecule has 0 saturated heterocycles. The van der Waals surface area contributed by atoms with Gasteiger partial charge in [-0.2, -0.15) is 0 Å². The van der Waals surface area contributed by atoms with Gasteiger partial charge in [-0.3, -0.25) is 9.36 Å². The van der Waals surface area contributed by atoms with Crippen LogP contribution in [0.3, 0.4) is 0 Å². The number of halogens is 2. The maximum absolute atomic E-state index is 14.0. The van der Waals surface area contributed by atoms with Gasteiger partial charge in [0.05, 0.1) is 23.7 Å². The van der Waals surface area contributed by atoms with Crippen molar-refractivity contribution in [3.8, 4) is 11.4 Å². The smallest absolute Gasteiger partial charge is 0.266 e. The van der Waals surface area contributed by atoms with Crippen molar-refractivity contribution < 1.29 is 13.5 Å². The summed E-state index contributed by atoms with van der Waals surface area (Å²) >= 11 is 1.21. The van der Waals surface area contributed by atoms with Crippen LogP contribution in [-0.4, -0.2) is 16.7 Å². The van der Waals surface area contributed by atoms with E-state index >= 15 is 0 Å². The largest absolute Gasteiger partial charge is 0.497 e. The second-order valence-corrected chi connectivity index (χ2v) is 7.22. The predicted molar refractivity (Wildman–Crippen MR) is 110 cm³/mol. The number of aromatic nitrogens is 2. The van der Waals surface area contributed by atoms with Crippen LogP contribution in [0.4, 0.5) is 8.78 Å². The van der Waals surface area contributed by atoms with E-state index in [9.17, 15) is 13.6 Å². The molecule has 7 heteroatoms. The molecule has 0 fully saturated rings. The third-order valence-electron chi connectivity index (χ3n) is 4.45. The fourth-order valence-electron chi connectivity index (χ4n) is 2.95. The first-order valence-corrected chi connectivity index (χ1v) is 9.78. The van der Waals surface area contributed by atoms with Crippen LogP contribution in [0.15, 0.2) is 76.7 Å². The zero-order chi connectivity index (χ0) is 20.4. The third kappa shape index (κ3) is 3.86. The molecule has 0 N–H and O–H groups in total. The Morgan fingerprint density at radius 3 is 2.52 bits per heavy atom. The van der Waals surface area contributed by atoms with Crippen LogP contribution in [0.5, 0.6) is 5.75 Å². The molecule has 0 aliphatic heterocycles. The van der Waals surface area contributed by atoms with Gasteiger partial charge >= 0.3 is 0 Å². The summed E-state index contributed by atoms with van der Waals surface area (Å²) in [7, 11) is 1.57. The van der Waals surface area contributed by atoms with E-state index in [1.807, 2.05) is 0 Å². The number of benzene rings is 3. The molecule has 0 bridgehead atoms. The number of para-hydroxylation sites is 1. The Morgan fingerprint density at radius 1 is 1.03 bits per heavy atom. The molecular weight excluding hydrogens is 394 g/mol. The number of ether oxygens (including phenoxy) is 1. The fraction of sp³-hybridized carbons (Fsp3) is 0.0909. The van der Waals surface area contributed by atoms with Crippen molar-refractivity contribution in [3.63, 3.8) is 0 Å². The summed E-state index contributed by atoms with van der Waals surface area (Å²) in [4.78, 5) is 17.8. The first-order chi connectivity index (χ1) is 14.1. The van der Waals surface area contributed by atoms with Crippen LogP contribution in [0.2, 0.25) is 0 Å². The number of methoxy groups -OCH3 is 1. The lowest BCUT2D eigenvalue weighted by atomic mass is 10.2. The molecule has 0 radical (unpaired) electrons. The van der Waals surface area contributed by atoms with Gasteiger partial charge in [-0.1, -0.05) is 30.0 Å². The second kappa shape index (κ2) is 8.05. The highest BCUT2D eigenvalue weighted by Gasteiger charge is 2.14. The third-order valence-corrected chi connectivity index (χ3v) is 5.43. The van der Waals surface area contributed by atoms with Gasteiger partial charge in [-0.25, -0.2) is 13.8 Å². The summed E-state index contributed by atoms with van der Waals surface area (Å²) in [5.41, 5.74) is 1.29. The van der Waals surface area contributed by atoms with Crippen LogP contribution in [-0.2, 0) is 5.75 Å². The molecule has 29 heavy (non-hydrogen) atoms. The number of nitrogens with zero attached hydrogens (tertiary/aromatic N) is 2. The highest BCUT2D eigenvalue weighted by Crippen LogP contribution is 2.26. The zero-order valence-electron chi connectivity index (χ0n) is 15.4. The van der Waals surface area contributed by atoms with E-state index in [0.717, 1.165) is 6.07 Å². The van der Waals surface area contributed by atoms with Crippen molar-refractivity contribution in [3.05, 3.63) is 94.3 Å². The molecule has 4 nitrogen and oxygen atoms in total.